The normalized spacial score (nSPS) is 12.6. The number of rotatable bonds is 3. The molecule has 1 unspecified atom stereocenters. The second-order valence-corrected chi connectivity index (χ2v) is 6.62. The van der Waals surface area contributed by atoms with Gasteiger partial charge in [-0.2, -0.15) is 0 Å². The third kappa shape index (κ3) is 2.72. The highest BCUT2D eigenvalue weighted by Gasteiger charge is 2.09. The summed E-state index contributed by atoms with van der Waals surface area (Å²) in [6.07, 6.45) is 0. The van der Waals surface area contributed by atoms with Gasteiger partial charge in [0.1, 0.15) is 0 Å². The van der Waals surface area contributed by atoms with E-state index in [4.69, 9.17) is 5.73 Å². The molecule has 1 heterocycles. The molecule has 0 fully saturated rings. The molecule has 2 rings (SSSR count). The van der Waals surface area contributed by atoms with E-state index < -0.39 is 10.8 Å². The second-order valence-electron chi connectivity index (χ2n) is 3.25. The van der Waals surface area contributed by atoms with Crippen molar-refractivity contribution in [2.24, 2.45) is 0 Å². The Bertz CT molecular complexity index is 511. The number of anilines is 1. The first kappa shape index (κ1) is 11.8. The van der Waals surface area contributed by atoms with Gasteiger partial charge in [-0.1, -0.05) is 22.0 Å². The van der Waals surface area contributed by atoms with Gasteiger partial charge in [-0.25, -0.2) is 0 Å². The SMILES string of the molecule is Nc1ccc(Br)cc1S(=O)Cc1cccs1. The number of benzene rings is 1. The Labute approximate surface area is 109 Å². The van der Waals surface area contributed by atoms with Crippen LogP contribution in [-0.2, 0) is 16.6 Å². The van der Waals surface area contributed by atoms with Gasteiger partial charge < -0.3 is 5.73 Å². The molecule has 0 amide bonds. The van der Waals surface area contributed by atoms with Crippen LogP contribution >= 0.6 is 27.3 Å². The molecule has 16 heavy (non-hydrogen) atoms. The molecule has 1 atom stereocenters. The maximum Gasteiger partial charge on any atom is 0.0632 e. The minimum absolute atomic E-state index is 0.526. The Morgan fingerprint density at radius 1 is 1.38 bits per heavy atom. The van der Waals surface area contributed by atoms with Gasteiger partial charge in [-0.15, -0.1) is 11.3 Å². The average molecular weight is 316 g/mol. The molecule has 1 aromatic carbocycles. The summed E-state index contributed by atoms with van der Waals surface area (Å²) < 4.78 is 13.0. The number of hydrogen-bond donors (Lipinski definition) is 1. The summed E-state index contributed by atoms with van der Waals surface area (Å²) in [6.45, 7) is 0. The zero-order chi connectivity index (χ0) is 11.5. The second kappa shape index (κ2) is 5.12. The smallest absolute Gasteiger partial charge is 0.0632 e. The average Bonchev–Trinajstić information content (AvgIpc) is 2.74. The minimum atomic E-state index is -1.08. The van der Waals surface area contributed by atoms with Gasteiger partial charge in [0, 0.05) is 15.0 Å². The lowest BCUT2D eigenvalue weighted by Gasteiger charge is -2.05. The van der Waals surface area contributed by atoms with Crippen LogP contribution in [0.15, 0.2) is 45.1 Å². The largest absolute Gasteiger partial charge is 0.398 e. The van der Waals surface area contributed by atoms with Crippen LogP contribution in [0, 0.1) is 0 Å². The van der Waals surface area contributed by atoms with Crippen LogP contribution in [0.5, 0.6) is 0 Å². The number of nitrogen functional groups attached to an aromatic ring is 1. The van der Waals surface area contributed by atoms with Gasteiger partial charge in [0.2, 0.25) is 0 Å². The van der Waals surface area contributed by atoms with Crippen molar-refractivity contribution in [2.75, 3.05) is 5.73 Å². The summed E-state index contributed by atoms with van der Waals surface area (Å²) in [4.78, 5) is 1.81. The third-order valence-electron chi connectivity index (χ3n) is 2.07. The molecule has 1 aromatic heterocycles. The van der Waals surface area contributed by atoms with Gasteiger partial charge in [0.15, 0.2) is 0 Å². The maximum atomic E-state index is 12.1. The van der Waals surface area contributed by atoms with Crippen LogP contribution < -0.4 is 5.73 Å². The van der Waals surface area contributed by atoms with E-state index in [0.29, 0.717) is 16.3 Å². The minimum Gasteiger partial charge on any atom is -0.398 e. The summed E-state index contributed by atoms with van der Waals surface area (Å²) in [5, 5.41) is 1.98. The molecule has 5 heteroatoms. The van der Waals surface area contributed by atoms with Crippen molar-refractivity contribution in [1.82, 2.24) is 0 Å². The molecule has 0 aliphatic carbocycles. The van der Waals surface area contributed by atoms with Crippen molar-refractivity contribution in [3.05, 3.63) is 45.1 Å². The summed E-state index contributed by atoms with van der Waals surface area (Å²) in [6, 6.07) is 9.38. The topological polar surface area (TPSA) is 43.1 Å². The number of nitrogens with two attached hydrogens (primary N) is 1. The molecule has 0 spiro atoms. The van der Waals surface area contributed by atoms with Crippen molar-refractivity contribution in [3.63, 3.8) is 0 Å². The fourth-order valence-electron chi connectivity index (χ4n) is 1.31. The lowest BCUT2D eigenvalue weighted by molar-refractivity contribution is 0.683. The van der Waals surface area contributed by atoms with Gasteiger partial charge in [0.05, 0.1) is 21.4 Å². The number of hydrogen-bond acceptors (Lipinski definition) is 3. The van der Waals surface area contributed by atoms with Gasteiger partial charge in [-0.3, -0.25) is 4.21 Å². The predicted octanol–water partition coefficient (Wildman–Crippen LogP) is 3.40. The van der Waals surface area contributed by atoms with Crippen molar-refractivity contribution in [1.29, 1.82) is 0 Å². The van der Waals surface area contributed by atoms with Crippen LogP contribution in [-0.4, -0.2) is 4.21 Å². The van der Waals surface area contributed by atoms with Crippen molar-refractivity contribution < 1.29 is 4.21 Å². The van der Waals surface area contributed by atoms with E-state index in [-0.39, 0.29) is 0 Å². The third-order valence-corrected chi connectivity index (χ3v) is 5.04. The maximum absolute atomic E-state index is 12.1. The van der Waals surface area contributed by atoms with E-state index in [1.165, 1.54) is 0 Å². The molecule has 2 aromatic rings. The van der Waals surface area contributed by atoms with Crippen LogP contribution in [0.1, 0.15) is 4.88 Å². The summed E-state index contributed by atoms with van der Waals surface area (Å²) in [7, 11) is -1.08. The predicted molar refractivity (Wildman–Crippen MR) is 73.0 cm³/mol. The van der Waals surface area contributed by atoms with Crippen molar-refractivity contribution >= 4 is 43.8 Å². The molecular weight excluding hydrogens is 306 g/mol. The van der Waals surface area contributed by atoms with E-state index in [2.05, 4.69) is 15.9 Å². The van der Waals surface area contributed by atoms with E-state index in [1.54, 1.807) is 17.4 Å². The quantitative estimate of drug-likeness (QED) is 0.882. The van der Waals surface area contributed by atoms with Crippen molar-refractivity contribution in [3.8, 4) is 0 Å². The highest BCUT2D eigenvalue weighted by molar-refractivity contribution is 9.10. The Kier molecular flexibility index (Phi) is 3.78. The van der Waals surface area contributed by atoms with E-state index >= 15 is 0 Å². The Balaban J connectivity index is 2.24. The van der Waals surface area contributed by atoms with Crippen LogP contribution in [0.25, 0.3) is 0 Å². The zero-order valence-electron chi connectivity index (χ0n) is 8.35. The molecule has 84 valence electrons. The molecule has 2 nitrogen and oxygen atoms in total. The molecule has 0 radical (unpaired) electrons. The summed E-state index contributed by atoms with van der Waals surface area (Å²) in [5.41, 5.74) is 6.39. The van der Waals surface area contributed by atoms with E-state index in [0.717, 1.165) is 9.35 Å². The molecule has 0 aliphatic heterocycles. The Morgan fingerprint density at radius 3 is 2.88 bits per heavy atom. The first-order valence-electron chi connectivity index (χ1n) is 4.62. The lowest BCUT2D eigenvalue weighted by Crippen LogP contribution is -1.99. The van der Waals surface area contributed by atoms with E-state index in [9.17, 15) is 4.21 Å². The first-order chi connectivity index (χ1) is 7.66. The fourth-order valence-corrected chi connectivity index (χ4v) is 4.00. The van der Waals surface area contributed by atoms with Gasteiger partial charge in [-0.05, 0) is 29.6 Å². The Hall–Kier alpha value is -0.650. The Morgan fingerprint density at radius 2 is 2.19 bits per heavy atom. The van der Waals surface area contributed by atoms with Crippen LogP contribution in [0.4, 0.5) is 5.69 Å². The van der Waals surface area contributed by atoms with Gasteiger partial charge in [0.25, 0.3) is 0 Å². The molecule has 0 aliphatic rings. The van der Waals surface area contributed by atoms with Crippen LogP contribution in [0.3, 0.4) is 0 Å². The summed E-state index contributed by atoms with van der Waals surface area (Å²) in [5.74, 6) is 0.526. The highest BCUT2D eigenvalue weighted by Crippen LogP contribution is 2.24. The number of thiophene rings is 1. The first-order valence-corrected chi connectivity index (χ1v) is 7.62. The molecule has 0 saturated heterocycles. The molecular formula is C11H10BrNOS2. The summed E-state index contributed by atoms with van der Waals surface area (Å²) >= 11 is 4.97. The number of halogens is 1. The lowest BCUT2D eigenvalue weighted by atomic mass is 10.3. The fraction of sp³-hybridized carbons (Fsp3) is 0.0909. The molecule has 0 bridgehead atoms. The molecule has 0 saturated carbocycles. The zero-order valence-corrected chi connectivity index (χ0v) is 11.6. The van der Waals surface area contributed by atoms with Crippen molar-refractivity contribution in [2.45, 2.75) is 10.6 Å². The highest BCUT2D eigenvalue weighted by atomic mass is 79.9. The standard InChI is InChI=1S/C11H10BrNOS2/c12-8-3-4-10(13)11(6-8)16(14)7-9-2-1-5-15-9/h1-6H,7,13H2. The monoisotopic (exact) mass is 315 g/mol. The molecule has 2 N–H and O–H groups in total. The van der Waals surface area contributed by atoms with Crippen LogP contribution in [0.2, 0.25) is 0 Å². The van der Waals surface area contributed by atoms with Gasteiger partial charge >= 0.3 is 0 Å². The van der Waals surface area contributed by atoms with E-state index in [1.807, 2.05) is 29.6 Å².